The van der Waals surface area contributed by atoms with Crippen LogP contribution in [0.15, 0.2) is 60.8 Å². The number of nitrogens with zero attached hydrogens (tertiary/aromatic N) is 2. The van der Waals surface area contributed by atoms with E-state index in [2.05, 4.69) is 20.6 Å². The van der Waals surface area contributed by atoms with Gasteiger partial charge in [0.1, 0.15) is 6.04 Å². The minimum Gasteiger partial charge on any atom is -0.467 e. The van der Waals surface area contributed by atoms with Gasteiger partial charge >= 0.3 is 5.97 Å². The van der Waals surface area contributed by atoms with Crippen LogP contribution in [0.25, 0.3) is 6.08 Å². The second kappa shape index (κ2) is 11.4. The van der Waals surface area contributed by atoms with Gasteiger partial charge in [-0.3, -0.25) is 4.79 Å². The van der Waals surface area contributed by atoms with Gasteiger partial charge in [-0.15, -0.1) is 0 Å². The van der Waals surface area contributed by atoms with Crippen LogP contribution in [0.5, 0.6) is 0 Å². The van der Waals surface area contributed by atoms with Crippen molar-refractivity contribution >= 4 is 52.8 Å². The Labute approximate surface area is 201 Å². The number of esters is 1. The molecule has 3 aromatic rings. The Morgan fingerprint density at radius 3 is 2.42 bits per heavy atom. The molecule has 0 saturated heterocycles. The molecule has 0 aliphatic rings. The average Bonchev–Trinajstić information content (AvgIpc) is 2.79. The summed E-state index contributed by atoms with van der Waals surface area (Å²) in [4.78, 5) is 33.3. The number of halogens is 2. The van der Waals surface area contributed by atoms with Crippen molar-refractivity contribution < 1.29 is 14.3 Å². The molecular weight excluding hydrogens is 463 g/mol. The zero-order chi connectivity index (χ0) is 23.8. The maximum atomic E-state index is 12.6. The summed E-state index contributed by atoms with van der Waals surface area (Å²) in [6, 6.07) is 13.3. The Bertz CT molecular complexity index is 1150. The molecule has 0 aliphatic carbocycles. The highest BCUT2D eigenvalue weighted by molar-refractivity contribution is 6.39. The molecule has 0 aliphatic heterocycles. The molecule has 1 heterocycles. The van der Waals surface area contributed by atoms with Crippen LogP contribution < -0.4 is 10.6 Å². The number of carbonyl (C=O) groups excluding carboxylic acids is 2. The van der Waals surface area contributed by atoms with E-state index < -0.39 is 17.9 Å². The molecule has 0 saturated carbocycles. The van der Waals surface area contributed by atoms with E-state index in [1.807, 2.05) is 43.3 Å². The quantitative estimate of drug-likeness (QED) is 0.426. The number of rotatable bonds is 8. The Hall–Kier alpha value is -3.42. The Kier molecular flexibility index (Phi) is 8.40. The molecule has 170 valence electrons. The van der Waals surface area contributed by atoms with Gasteiger partial charge < -0.3 is 15.4 Å². The van der Waals surface area contributed by atoms with Crippen LogP contribution in [0.4, 0.5) is 11.6 Å². The molecular formula is C24H22Cl2N4O3. The molecule has 0 bridgehead atoms. The van der Waals surface area contributed by atoms with Crippen LogP contribution in [0, 0.1) is 6.92 Å². The van der Waals surface area contributed by atoms with Gasteiger partial charge in [0.2, 0.25) is 5.95 Å². The molecule has 1 unspecified atom stereocenters. The molecule has 9 heteroatoms. The first kappa shape index (κ1) is 24.2. The largest absolute Gasteiger partial charge is 0.467 e. The highest BCUT2D eigenvalue weighted by Crippen LogP contribution is 2.24. The zero-order valence-electron chi connectivity index (χ0n) is 18.0. The minimum absolute atomic E-state index is 0.111. The van der Waals surface area contributed by atoms with Crippen LogP contribution in [-0.2, 0) is 9.53 Å². The van der Waals surface area contributed by atoms with E-state index in [1.54, 1.807) is 30.5 Å². The number of nitrogens with one attached hydrogen (secondary N) is 2. The van der Waals surface area contributed by atoms with Gasteiger partial charge in [-0.2, -0.15) is 0 Å². The number of benzene rings is 2. The molecule has 3 rings (SSSR count). The lowest BCUT2D eigenvalue weighted by Gasteiger charge is -2.16. The lowest BCUT2D eigenvalue weighted by Crippen LogP contribution is -2.41. The Morgan fingerprint density at radius 1 is 1.09 bits per heavy atom. The summed E-state index contributed by atoms with van der Waals surface area (Å²) >= 11 is 12.2. The molecule has 1 aromatic heterocycles. The second-order valence-corrected chi connectivity index (χ2v) is 7.87. The fourth-order valence-electron chi connectivity index (χ4n) is 2.96. The van der Waals surface area contributed by atoms with Crippen molar-refractivity contribution in [1.29, 1.82) is 0 Å². The van der Waals surface area contributed by atoms with E-state index in [9.17, 15) is 9.59 Å². The summed E-state index contributed by atoms with van der Waals surface area (Å²) < 4.78 is 4.82. The maximum Gasteiger partial charge on any atom is 0.328 e. The molecule has 1 atom stereocenters. The average molecular weight is 485 g/mol. The fraction of sp³-hybridized carbons (Fsp3) is 0.167. The summed E-state index contributed by atoms with van der Waals surface area (Å²) in [7, 11) is 1.26. The fourth-order valence-corrected chi connectivity index (χ4v) is 3.53. The van der Waals surface area contributed by atoms with Crippen molar-refractivity contribution in [3.63, 3.8) is 0 Å². The monoisotopic (exact) mass is 484 g/mol. The predicted octanol–water partition coefficient (Wildman–Crippen LogP) is 5.21. The molecule has 0 radical (unpaired) electrons. The minimum atomic E-state index is -0.898. The first-order chi connectivity index (χ1) is 15.9. The smallest absolute Gasteiger partial charge is 0.328 e. The standard InChI is InChI=1S/C24H22Cl2N4O3/c1-15-13-14-27-24(28-15)29-17-11-9-16(10-12-17)5-3-8-20(23(32)33-2)30-22(31)21-18(25)6-4-7-19(21)26/h3-7,9-14,20H,8H2,1-2H3,(H,30,31)(H,27,28,29). The number of carbonyl (C=O) groups is 2. The van der Waals surface area contributed by atoms with Crippen LogP contribution in [0.3, 0.4) is 0 Å². The number of hydrogen-bond donors (Lipinski definition) is 2. The van der Waals surface area contributed by atoms with Crippen LogP contribution >= 0.6 is 23.2 Å². The number of hydrogen-bond acceptors (Lipinski definition) is 6. The van der Waals surface area contributed by atoms with E-state index in [0.717, 1.165) is 16.9 Å². The topological polar surface area (TPSA) is 93.2 Å². The summed E-state index contributed by atoms with van der Waals surface area (Å²) in [6.07, 6.45) is 5.54. The van der Waals surface area contributed by atoms with Gasteiger partial charge in [0.15, 0.2) is 0 Å². The molecule has 1 amide bonds. The summed E-state index contributed by atoms with van der Waals surface area (Å²) in [6.45, 7) is 1.90. The molecule has 2 aromatic carbocycles. The van der Waals surface area contributed by atoms with Crippen molar-refractivity contribution in [1.82, 2.24) is 15.3 Å². The van der Waals surface area contributed by atoms with Crippen molar-refractivity contribution in [2.75, 3.05) is 12.4 Å². The van der Waals surface area contributed by atoms with Gasteiger partial charge in [0.05, 0.1) is 22.7 Å². The number of amides is 1. The van der Waals surface area contributed by atoms with Crippen LogP contribution in [0.1, 0.15) is 28.0 Å². The first-order valence-corrected chi connectivity index (χ1v) is 10.8. The van der Waals surface area contributed by atoms with Crippen LogP contribution in [0.2, 0.25) is 10.0 Å². The number of aryl methyl sites for hydroxylation is 1. The molecule has 0 spiro atoms. The van der Waals surface area contributed by atoms with Gasteiger partial charge in [-0.25, -0.2) is 14.8 Å². The van der Waals surface area contributed by atoms with Gasteiger partial charge in [-0.1, -0.05) is 53.6 Å². The first-order valence-electron chi connectivity index (χ1n) is 10.0. The van der Waals surface area contributed by atoms with Gasteiger partial charge in [0, 0.05) is 17.6 Å². The second-order valence-electron chi connectivity index (χ2n) is 7.05. The van der Waals surface area contributed by atoms with E-state index in [1.165, 1.54) is 7.11 Å². The molecule has 0 fully saturated rings. The SMILES string of the molecule is COC(=O)C(CC=Cc1ccc(Nc2nccc(C)n2)cc1)NC(=O)c1c(Cl)cccc1Cl. The van der Waals surface area contributed by atoms with Gasteiger partial charge in [0.25, 0.3) is 5.91 Å². The Morgan fingerprint density at radius 2 is 1.79 bits per heavy atom. The lowest BCUT2D eigenvalue weighted by atomic mass is 10.1. The number of methoxy groups -OCH3 is 1. The third kappa shape index (κ3) is 6.78. The van der Waals surface area contributed by atoms with Crippen molar-refractivity contribution in [2.24, 2.45) is 0 Å². The van der Waals surface area contributed by atoms with Crippen molar-refractivity contribution in [2.45, 2.75) is 19.4 Å². The van der Waals surface area contributed by atoms with Crippen LogP contribution in [-0.4, -0.2) is 35.0 Å². The summed E-state index contributed by atoms with van der Waals surface area (Å²) in [5.41, 5.74) is 2.74. The zero-order valence-corrected chi connectivity index (χ0v) is 19.5. The normalized spacial score (nSPS) is 11.8. The lowest BCUT2D eigenvalue weighted by molar-refractivity contribution is -0.142. The highest BCUT2D eigenvalue weighted by Gasteiger charge is 2.23. The predicted molar refractivity (Wildman–Crippen MR) is 130 cm³/mol. The van der Waals surface area contributed by atoms with E-state index in [-0.39, 0.29) is 22.0 Å². The number of ether oxygens (including phenoxy) is 1. The molecule has 7 nitrogen and oxygen atoms in total. The van der Waals surface area contributed by atoms with Crippen molar-refractivity contribution in [3.8, 4) is 0 Å². The maximum absolute atomic E-state index is 12.6. The molecule has 33 heavy (non-hydrogen) atoms. The molecule has 2 N–H and O–H groups in total. The number of anilines is 2. The third-order valence-corrected chi connectivity index (χ3v) is 5.25. The highest BCUT2D eigenvalue weighted by atomic mass is 35.5. The summed E-state index contributed by atoms with van der Waals surface area (Å²) in [5, 5.41) is 6.17. The summed E-state index contributed by atoms with van der Waals surface area (Å²) in [5.74, 6) is -0.606. The van der Waals surface area contributed by atoms with E-state index >= 15 is 0 Å². The number of aromatic nitrogens is 2. The van der Waals surface area contributed by atoms with Gasteiger partial charge in [-0.05, 0) is 49.2 Å². The van der Waals surface area contributed by atoms with Crippen molar-refractivity contribution in [3.05, 3.63) is 87.7 Å². The van der Waals surface area contributed by atoms with E-state index in [4.69, 9.17) is 27.9 Å². The van der Waals surface area contributed by atoms with E-state index in [0.29, 0.717) is 5.95 Å². The third-order valence-electron chi connectivity index (χ3n) is 4.62. The Balaban J connectivity index is 1.64.